The number of anilines is 1. The Kier molecular flexibility index (Phi) is 8.15. The Balaban J connectivity index is 0.00000153. The minimum atomic E-state index is -0.106. The van der Waals surface area contributed by atoms with Gasteiger partial charge in [0.05, 0.1) is 17.4 Å². The topological polar surface area (TPSA) is 62.2 Å². The number of rotatable bonds is 6. The minimum Gasteiger partial charge on any atom is -0.319 e. The number of hydrogen-bond acceptors (Lipinski definition) is 4. The fourth-order valence-corrected chi connectivity index (χ4v) is 4.79. The molecular formula is C25H37Cl2N5O. The molecule has 2 aliphatic carbocycles. The fourth-order valence-electron chi connectivity index (χ4n) is 4.79. The van der Waals surface area contributed by atoms with Crippen LogP contribution in [0.3, 0.4) is 0 Å². The molecular weight excluding hydrogens is 457 g/mol. The van der Waals surface area contributed by atoms with Gasteiger partial charge in [-0.2, -0.15) is 5.10 Å². The Hall–Kier alpha value is -1.60. The molecule has 0 unspecified atom stereocenters. The number of nitrogens with zero attached hydrogens (tertiary/aromatic N) is 3. The number of halogens is 2. The highest BCUT2D eigenvalue weighted by atomic mass is 35.5. The standard InChI is InChI=1S/C25H35N5O.2ClH/c1-25(2,3)30-16-20(15-26-30)28-24(31)18-6-4-5-17(13-18)22-14-23(22)27-19-9-11-29(12-10-19)21-7-8-21;;/h4-6,13,15-16,19,21-23,27H,7-12,14H2,1-3H3,(H,28,31);2*1H/t22-,23+;;/m0../s1. The molecule has 1 aromatic carbocycles. The van der Waals surface area contributed by atoms with Crippen LogP contribution in [0.4, 0.5) is 5.69 Å². The van der Waals surface area contributed by atoms with Gasteiger partial charge in [-0.15, -0.1) is 24.8 Å². The molecule has 0 bridgehead atoms. The van der Waals surface area contributed by atoms with Crippen LogP contribution < -0.4 is 10.6 Å². The van der Waals surface area contributed by atoms with Crippen molar-refractivity contribution in [3.8, 4) is 0 Å². The zero-order valence-electron chi connectivity index (χ0n) is 19.8. The lowest BCUT2D eigenvalue weighted by atomic mass is 10.0. The van der Waals surface area contributed by atoms with E-state index in [1.807, 2.05) is 23.0 Å². The molecule has 182 valence electrons. The van der Waals surface area contributed by atoms with Crippen LogP contribution in [0.15, 0.2) is 36.7 Å². The van der Waals surface area contributed by atoms with Crippen molar-refractivity contribution in [1.29, 1.82) is 0 Å². The van der Waals surface area contributed by atoms with Crippen molar-refractivity contribution in [3.05, 3.63) is 47.8 Å². The molecule has 2 heterocycles. The Labute approximate surface area is 209 Å². The SMILES string of the molecule is CC(C)(C)n1cc(NC(=O)c2cccc([C@@H]3C[C@H]3NC3CCN(C4CC4)CC3)c2)cn1.Cl.Cl. The van der Waals surface area contributed by atoms with Gasteiger partial charge >= 0.3 is 0 Å². The van der Waals surface area contributed by atoms with E-state index >= 15 is 0 Å². The van der Waals surface area contributed by atoms with E-state index in [2.05, 4.69) is 53.5 Å². The molecule has 1 aliphatic heterocycles. The minimum absolute atomic E-state index is 0. The molecule has 2 aromatic rings. The van der Waals surface area contributed by atoms with Gasteiger partial charge in [0.15, 0.2) is 0 Å². The van der Waals surface area contributed by atoms with Gasteiger partial charge in [0.1, 0.15) is 0 Å². The summed E-state index contributed by atoms with van der Waals surface area (Å²) in [5, 5.41) is 11.2. The molecule has 33 heavy (non-hydrogen) atoms. The van der Waals surface area contributed by atoms with E-state index in [0.717, 1.165) is 11.7 Å². The van der Waals surface area contributed by atoms with Crippen LogP contribution in [0.1, 0.15) is 74.7 Å². The molecule has 2 atom stereocenters. The van der Waals surface area contributed by atoms with Gasteiger partial charge in [-0.25, -0.2) is 0 Å². The lowest BCUT2D eigenvalue weighted by Gasteiger charge is -2.32. The summed E-state index contributed by atoms with van der Waals surface area (Å²) in [6, 6.07) is 10.2. The highest BCUT2D eigenvalue weighted by molar-refractivity contribution is 6.04. The Bertz CT molecular complexity index is 944. The average molecular weight is 495 g/mol. The third-order valence-electron chi connectivity index (χ3n) is 6.94. The predicted molar refractivity (Wildman–Crippen MR) is 138 cm³/mol. The maximum atomic E-state index is 12.8. The van der Waals surface area contributed by atoms with Gasteiger partial charge in [-0.3, -0.25) is 9.48 Å². The summed E-state index contributed by atoms with van der Waals surface area (Å²) in [5.41, 5.74) is 2.61. The molecule has 1 saturated heterocycles. The largest absolute Gasteiger partial charge is 0.319 e. The summed E-state index contributed by atoms with van der Waals surface area (Å²) >= 11 is 0. The quantitative estimate of drug-likeness (QED) is 0.606. The summed E-state index contributed by atoms with van der Waals surface area (Å²) < 4.78 is 1.87. The first-order chi connectivity index (χ1) is 14.9. The summed E-state index contributed by atoms with van der Waals surface area (Å²) in [4.78, 5) is 15.5. The number of carbonyl (C=O) groups is 1. The first-order valence-corrected chi connectivity index (χ1v) is 11.8. The maximum absolute atomic E-state index is 12.8. The van der Waals surface area contributed by atoms with Crippen molar-refractivity contribution in [2.24, 2.45) is 0 Å². The number of hydrogen-bond donors (Lipinski definition) is 2. The normalized spacial score (nSPS) is 23.4. The maximum Gasteiger partial charge on any atom is 0.255 e. The number of aromatic nitrogens is 2. The average Bonchev–Trinajstić information content (AvgIpc) is 3.67. The van der Waals surface area contributed by atoms with Gasteiger partial charge in [-0.05, 0) is 83.7 Å². The Morgan fingerprint density at radius 2 is 1.82 bits per heavy atom. The third kappa shape index (κ3) is 6.30. The van der Waals surface area contributed by atoms with E-state index in [9.17, 15) is 4.79 Å². The zero-order valence-corrected chi connectivity index (χ0v) is 21.4. The number of benzene rings is 1. The van der Waals surface area contributed by atoms with Gasteiger partial charge < -0.3 is 15.5 Å². The van der Waals surface area contributed by atoms with Crippen molar-refractivity contribution in [2.45, 2.75) is 82.5 Å². The number of amides is 1. The molecule has 1 aromatic heterocycles. The molecule has 2 saturated carbocycles. The summed E-state index contributed by atoms with van der Waals surface area (Å²) in [6.45, 7) is 8.77. The molecule has 0 radical (unpaired) electrons. The molecule has 3 aliphatic rings. The van der Waals surface area contributed by atoms with E-state index in [1.165, 1.54) is 50.8 Å². The number of nitrogens with one attached hydrogen (secondary N) is 2. The van der Waals surface area contributed by atoms with Gasteiger partial charge in [0.2, 0.25) is 0 Å². The van der Waals surface area contributed by atoms with Crippen LogP contribution in [0.25, 0.3) is 0 Å². The van der Waals surface area contributed by atoms with Crippen LogP contribution in [0.5, 0.6) is 0 Å². The molecule has 8 heteroatoms. The van der Waals surface area contributed by atoms with Crippen LogP contribution >= 0.6 is 24.8 Å². The molecule has 3 fully saturated rings. The van der Waals surface area contributed by atoms with E-state index in [-0.39, 0.29) is 36.3 Å². The van der Waals surface area contributed by atoms with Crippen LogP contribution in [0, 0.1) is 0 Å². The monoisotopic (exact) mass is 493 g/mol. The lowest BCUT2D eigenvalue weighted by molar-refractivity contribution is 0.102. The van der Waals surface area contributed by atoms with Crippen molar-refractivity contribution in [1.82, 2.24) is 20.0 Å². The van der Waals surface area contributed by atoms with Crippen LogP contribution in [-0.2, 0) is 5.54 Å². The molecule has 1 amide bonds. The molecule has 0 spiro atoms. The summed E-state index contributed by atoms with van der Waals surface area (Å²) in [5.74, 6) is 0.450. The second-order valence-electron chi connectivity index (χ2n) is 10.6. The number of likely N-dealkylation sites (tertiary alicyclic amines) is 1. The Morgan fingerprint density at radius 1 is 1.09 bits per heavy atom. The van der Waals surface area contributed by atoms with E-state index < -0.39 is 0 Å². The smallest absolute Gasteiger partial charge is 0.255 e. The van der Waals surface area contributed by atoms with E-state index in [1.54, 1.807) is 6.20 Å². The Morgan fingerprint density at radius 3 is 2.45 bits per heavy atom. The summed E-state index contributed by atoms with van der Waals surface area (Å²) in [6.07, 6.45) is 10.1. The number of piperidine rings is 1. The van der Waals surface area contributed by atoms with Crippen molar-refractivity contribution in [2.75, 3.05) is 18.4 Å². The molecule has 2 N–H and O–H groups in total. The highest BCUT2D eigenvalue weighted by Gasteiger charge is 2.40. The van der Waals surface area contributed by atoms with Crippen molar-refractivity contribution >= 4 is 36.4 Å². The van der Waals surface area contributed by atoms with Gasteiger partial charge in [0.25, 0.3) is 5.91 Å². The molecule has 6 nitrogen and oxygen atoms in total. The van der Waals surface area contributed by atoms with Gasteiger partial charge in [0, 0.05) is 35.8 Å². The second kappa shape index (κ2) is 10.3. The first kappa shape index (κ1) is 26.0. The predicted octanol–water partition coefficient (Wildman–Crippen LogP) is 4.81. The summed E-state index contributed by atoms with van der Waals surface area (Å²) in [7, 11) is 0. The van der Waals surface area contributed by atoms with Crippen LogP contribution in [0.2, 0.25) is 0 Å². The van der Waals surface area contributed by atoms with Crippen molar-refractivity contribution in [3.63, 3.8) is 0 Å². The highest BCUT2D eigenvalue weighted by Crippen LogP contribution is 2.42. The van der Waals surface area contributed by atoms with Gasteiger partial charge in [-0.1, -0.05) is 12.1 Å². The van der Waals surface area contributed by atoms with Crippen LogP contribution in [-0.4, -0.2) is 51.8 Å². The second-order valence-corrected chi connectivity index (χ2v) is 10.6. The lowest BCUT2D eigenvalue weighted by Crippen LogP contribution is -2.44. The zero-order chi connectivity index (χ0) is 21.6. The van der Waals surface area contributed by atoms with E-state index in [4.69, 9.17) is 0 Å². The fraction of sp³-hybridized carbons (Fsp3) is 0.600. The third-order valence-corrected chi connectivity index (χ3v) is 6.94. The number of carbonyl (C=O) groups excluding carboxylic acids is 1. The van der Waals surface area contributed by atoms with Crippen molar-refractivity contribution < 1.29 is 4.79 Å². The van der Waals surface area contributed by atoms with E-state index in [0.29, 0.717) is 23.6 Å². The first-order valence-electron chi connectivity index (χ1n) is 11.8. The molecule has 5 rings (SSSR count).